The summed E-state index contributed by atoms with van der Waals surface area (Å²) in [6.07, 6.45) is 0. The van der Waals surface area contributed by atoms with Crippen molar-refractivity contribution in [3.05, 3.63) is 66.0 Å². The zero-order chi connectivity index (χ0) is 21.8. The van der Waals surface area contributed by atoms with Gasteiger partial charge in [0.15, 0.2) is 11.6 Å². The predicted octanol–water partition coefficient (Wildman–Crippen LogP) is 4.48. The Kier molecular flexibility index (Phi) is 6.53. The van der Waals surface area contributed by atoms with Crippen molar-refractivity contribution in [2.45, 2.75) is 27.7 Å². The van der Waals surface area contributed by atoms with E-state index in [-0.39, 0.29) is 22.6 Å². The lowest BCUT2D eigenvalue weighted by Gasteiger charge is -2.16. The van der Waals surface area contributed by atoms with Crippen LogP contribution in [0.2, 0.25) is 0 Å². The molecule has 2 aromatic carbocycles. The van der Waals surface area contributed by atoms with E-state index < -0.39 is 29.1 Å². The molecule has 0 amide bonds. The molecule has 0 spiro atoms. The van der Waals surface area contributed by atoms with Crippen LogP contribution in [0, 0.1) is 11.2 Å². The molecule has 0 atom stereocenters. The summed E-state index contributed by atoms with van der Waals surface area (Å²) in [5.74, 6) is -2.70. The quantitative estimate of drug-likeness (QED) is 0.418. The van der Waals surface area contributed by atoms with Crippen LogP contribution >= 0.6 is 0 Å². The molecule has 7 heteroatoms. The topological polar surface area (TPSA) is 78.9 Å². The summed E-state index contributed by atoms with van der Waals surface area (Å²) < 4.78 is 29.3. The Labute approximate surface area is 167 Å². The number of hydrogen-bond donors (Lipinski definition) is 0. The fourth-order valence-electron chi connectivity index (χ4n) is 1.90. The molecule has 0 aliphatic carbocycles. The SMILES string of the molecule is C=C(C)C(=O)Oc1ccc(C(=O)Oc2ccc(OC(=O)C(C)(C)C)cc2)cc1F. The number of esters is 3. The Bertz CT molecular complexity index is 954. The Morgan fingerprint density at radius 1 is 0.897 bits per heavy atom. The third kappa shape index (κ3) is 6.00. The number of benzene rings is 2. The van der Waals surface area contributed by atoms with Crippen LogP contribution in [-0.4, -0.2) is 17.9 Å². The number of rotatable bonds is 5. The van der Waals surface area contributed by atoms with Crippen LogP contribution in [0.1, 0.15) is 38.1 Å². The molecule has 0 fully saturated rings. The number of carbonyl (C=O) groups excluding carboxylic acids is 3. The molecule has 2 rings (SSSR count). The lowest BCUT2D eigenvalue weighted by atomic mass is 9.97. The molecule has 29 heavy (non-hydrogen) atoms. The normalized spacial score (nSPS) is 10.8. The second-order valence-electron chi connectivity index (χ2n) is 7.32. The molecule has 0 saturated heterocycles. The van der Waals surface area contributed by atoms with Crippen molar-refractivity contribution in [3.8, 4) is 17.2 Å². The largest absolute Gasteiger partial charge is 0.426 e. The number of hydrogen-bond acceptors (Lipinski definition) is 6. The summed E-state index contributed by atoms with van der Waals surface area (Å²) >= 11 is 0. The Morgan fingerprint density at radius 3 is 1.93 bits per heavy atom. The molecule has 2 aromatic rings. The summed E-state index contributed by atoms with van der Waals surface area (Å²) in [5, 5.41) is 0. The van der Waals surface area contributed by atoms with Gasteiger partial charge in [-0.25, -0.2) is 14.0 Å². The van der Waals surface area contributed by atoms with Crippen LogP contribution in [0.15, 0.2) is 54.6 Å². The van der Waals surface area contributed by atoms with Crippen LogP contribution in [0.5, 0.6) is 17.2 Å². The first-order valence-electron chi connectivity index (χ1n) is 8.69. The average Bonchev–Trinajstić information content (AvgIpc) is 2.63. The molecule has 0 radical (unpaired) electrons. The predicted molar refractivity (Wildman–Crippen MR) is 103 cm³/mol. The highest BCUT2D eigenvalue weighted by Crippen LogP contribution is 2.24. The Hall–Kier alpha value is -3.48. The maximum Gasteiger partial charge on any atom is 0.343 e. The van der Waals surface area contributed by atoms with Crippen molar-refractivity contribution >= 4 is 17.9 Å². The van der Waals surface area contributed by atoms with E-state index in [9.17, 15) is 18.8 Å². The van der Waals surface area contributed by atoms with Gasteiger partial charge in [-0.2, -0.15) is 0 Å². The molecule has 0 aliphatic heterocycles. The maximum absolute atomic E-state index is 14.1. The van der Waals surface area contributed by atoms with Crippen LogP contribution in [0.25, 0.3) is 0 Å². The summed E-state index contributed by atoms with van der Waals surface area (Å²) in [5.41, 5.74) is -0.606. The standard InChI is InChI=1S/C22H21FO6/c1-13(2)19(24)29-18-11-6-14(12-17(18)23)20(25)27-15-7-9-16(10-8-15)28-21(26)22(3,4)5/h6-12H,1H2,2-5H3. The molecule has 6 nitrogen and oxygen atoms in total. The fourth-order valence-corrected chi connectivity index (χ4v) is 1.90. The third-order valence-electron chi connectivity index (χ3n) is 3.58. The highest BCUT2D eigenvalue weighted by Gasteiger charge is 2.23. The highest BCUT2D eigenvalue weighted by molar-refractivity contribution is 5.92. The molecule has 0 unspecified atom stereocenters. The zero-order valence-corrected chi connectivity index (χ0v) is 16.6. The first-order chi connectivity index (χ1) is 13.5. The third-order valence-corrected chi connectivity index (χ3v) is 3.58. The van der Waals surface area contributed by atoms with Gasteiger partial charge in [0.1, 0.15) is 11.5 Å². The van der Waals surface area contributed by atoms with Gasteiger partial charge in [0.25, 0.3) is 0 Å². The number of carbonyl (C=O) groups is 3. The molecule has 0 heterocycles. The number of ether oxygens (including phenoxy) is 3. The van der Waals surface area contributed by atoms with Gasteiger partial charge in [0.05, 0.1) is 11.0 Å². The smallest absolute Gasteiger partial charge is 0.343 e. The second kappa shape index (κ2) is 8.68. The number of halogens is 1. The minimum absolute atomic E-state index is 0.0686. The van der Waals surface area contributed by atoms with Crippen LogP contribution < -0.4 is 14.2 Å². The minimum atomic E-state index is -0.890. The van der Waals surface area contributed by atoms with E-state index >= 15 is 0 Å². The Morgan fingerprint density at radius 2 is 1.45 bits per heavy atom. The van der Waals surface area contributed by atoms with Crippen molar-refractivity contribution in [2.24, 2.45) is 5.41 Å². The maximum atomic E-state index is 14.1. The van der Waals surface area contributed by atoms with Gasteiger partial charge >= 0.3 is 17.9 Å². The first kappa shape index (κ1) is 21.8. The van der Waals surface area contributed by atoms with Crippen molar-refractivity contribution in [2.75, 3.05) is 0 Å². The molecule has 0 saturated carbocycles. The van der Waals surface area contributed by atoms with Crippen LogP contribution in [-0.2, 0) is 9.59 Å². The monoisotopic (exact) mass is 400 g/mol. The lowest BCUT2D eigenvalue weighted by molar-refractivity contribution is -0.143. The highest BCUT2D eigenvalue weighted by atomic mass is 19.1. The van der Waals surface area contributed by atoms with Gasteiger partial charge < -0.3 is 14.2 Å². The van der Waals surface area contributed by atoms with Gasteiger partial charge in [-0.3, -0.25) is 4.79 Å². The van der Waals surface area contributed by atoms with Crippen LogP contribution in [0.4, 0.5) is 4.39 Å². The molecule has 0 N–H and O–H groups in total. The van der Waals surface area contributed by atoms with Crippen molar-refractivity contribution < 1.29 is 33.0 Å². The zero-order valence-electron chi connectivity index (χ0n) is 16.6. The van der Waals surface area contributed by atoms with E-state index in [1.807, 2.05) is 0 Å². The summed E-state index contributed by atoms with van der Waals surface area (Å²) in [4.78, 5) is 35.5. The first-order valence-corrected chi connectivity index (χ1v) is 8.69. The van der Waals surface area contributed by atoms with E-state index in [4.69, 9.17) is 14.2 Å². The van der Waals surface area contributed by atoms with Gasteiger partial charge in [0.2, 0.25) is 0 Å². The van der Waals surface area contributed by atoms with Crippen molar-refractivity contribution in [3.63, 3.8) is 0 Å². The van der Waals surface area contributed by atoms with E-state index in [1.54, 1.807) is 20.8 Å². The average molecular weight is 400 g/mol. The summed E-state index contributed by atoms with van der Waals surface area (Å²) in [7, 11) is 0. The van der Waals surface area contributed by atoms with Gasteiger partial charge in [0, 0.05) is 5.57 Å². The van der Waals surface area contributed by atoms with E-state index in [1.165, 1.54) is 37.3 Å². The van der Waals surface area contributed by atoms with Crippen LogP contribution in [0.3, 0.4) is 0 Å². The molecule has 0 aliphatic rings. The van der Waals surface area contributed by atoms with E-state index in [0.717, 1.165) is 12.1 Å². The Balaban J connectivity index is 2.04. The molecule has 0 aromatic heterocycles. The van der Waals surface area contributed by atoms with E-state index in [0.29, 0.717) is 5.75 Å². The van der Waals surface area contributed by atoms with Gasteiger partial charge in [-0.1, -0.05) is 6.58 Å². The van der Waals surface area contributed by atoms with Crippen molar-refractivity contribution in [1.82, 2.24) is 0 Å². The summed E-state index contributed by atoms with van der Waals surface area (Å²) in [6.45, 7) is 10.0. The minimum Gasteiger partial charge on any atom is -0.426 e. The summed E-state index contributed by atoms with van der Waals surface area (Å²) in [6, 6.07) is 9.18. The second-order valence-corrected chi connectivity index (χ2v) is 7.32. The lowest BCUT2D eigenvalue weighted by Crippen LogP contribution is -2.25. The van der Waals surface area contributed by atoms with Gasteiger partial charge in [-0.05, 0) is 70.2 Å². The van der Waals surface area contributed by atoms with Crippen molar-refractivity contribution in [1.29, 1.82) is 0 Å². The van der Waals surface area contributed by atoms with Gasteiger partial charge in [-0.15, -0.1) is 0 Å². The molecule has 0 bridgehead atoms. The fraction of sp³-hybridized carbons (Fsp3) is 0.227. The molecule has 152 valence electrons. The molecular formula is C22H21FO6. The van der Waals surface area contributed by atoms with E-state index in [2.05, 4.69) is 6.58 Å². The molecular weight excluding hydrogens is 379 g/mol.